The highest BCUT2D eigenvalue weighted by Crippen LogP contribution is 2.13. The third-order valence-corrected chi connectivity index (χ3v) is 3.32. The van der Waals surface area contributed by atoms with Gasteiger partial charge in [-0.3, -0.25) is 9.48 Å². The zero-order chi connectivity index (χ0) is 12.3. The van der Waals surface area contributed by atoms with Gasteiger partial charge in [0.05, 0.1) is 11.8 Å². The Morgan fingerprint density at radius 3 is 3.12 bits per heavy atom. The van der Waals surface area contributed by atoms with E-state index in [4.69, 9.17) is 0 Å². The van der Waals surface area contributed by atoms with E-state index in [1.54, 1.807) is 10.9 Å². The van der Waals surface area contributed by atoms with E-state index in [0.29, 0.717) is 11.6 Å². The minimum absolute atomic E-state index is 0.102. The van der Waals surface area contributed by atoms with Crippen molar-refractivity contribution in [3.63, 3.8) is 0 Å². The lowest BCUT2D eigenvalue weighted by molar-refractivity contribution is 0.0698. The van der Waals surface area contributed by atoms with Gasteiger partial charge < -0.3 is 10.2 Å². The minimum Gasteiger partial charge on any atom is -0.337 e. The third kappa shape index (κ3) is 2.66. The van der Waals surface area contributed by atoms with E-state index in [1.165, 1.54) is 0 Å². The first kappa shape index (κ1) is 12.1. The maximum Gasteiger partial charge on any atom is 0.257 e. The number of hydrogen-bond donors (Lipinski definition) is 1. The van der Waals surface area contributed by atoms with Crippen molar-refractivity contribution in [1.82, 2.24) is 20.0 Å². The highest BCUT2D eigenvalue weighted by molar-refractivity contribution is 5.93. The molecular formula is C12H20N4O. The zero-order valence-electron chi connectivity index (χ0n) is 10.5. The van der Waals surface area contributed by atoms with Gasteiger partial charge in [0, 0.05) is 31.9 Å². The molecule has 2 rings (SSSR count). The van der Waals surface area contributed by atoms with Crippen LogP contribution in [0, 0.1) is 0 Å². The number of likely N-dealkylation sites (tertiary alicyclic amines) is 1. The van der Waals surface area contributed by atoms with Crippen LogP contribution < -0.4 is 5.32 Å². The predicted molar refractivity (Wildman–Crippen MR) is 65.9 cm³/mol. The lowest BCUT2D eigenvalue weighted by atomic mass is 10.1. The standard InChI is InChI=1S/C12H20N4O/c1-3-16-8-10(7-14-16)12(17)15-6-4-5-11(9-15)13-2/h7-8,11,13H,3-6,9H2,1-2H3. The molecule has 1 aromatic heterocycles. The summed E-state index contributed by atoms with van der Waals surface area (Å²) in [6, 6.07) is 0.425. The van der Waals surface area contributed by atoms with Crippen LogP contribution in [0.5, 0.6) is 0 Å². The normalized spacial score (nSPS) is 20.6. The Labute approximate surface area is 102 Å². The lowest BCUT2D eigenvalue weighted by Gasteiger charge is -2.32. The Kier molecular flexibility index (Phi) is 3.78. The number of amides is 1. The molecule has 2 heterocycles. The summed E-state index contributed by atoms with van der Waals surface area (Å²) in [4.78, 5) is 14.2. The highest BCUT2D eigenvalue weighted by Gasteiger charge is 2.24. The van der Waals surface area contributed by atoms with Crippen LogP contribution in [0.15, 0.2) is 12.4 Å². The van der Waals surface area contributed by atoms with Gasteiger partial charge in [0.25, 0.3) is 5.91 Å². The number of carbonyl (C=O) groups is 1. The molecule has 0 spiro atoms. The van der Waals surface area contributed by atoms with Crippen molar-refractivity contribution in [2.24, 2.45) is 0 Å². The molecule has 0 aliphatic carbocycles. The summed E-state index contributed by atoms with van der Waals surface area (Å²) in [5, 5.41) is 7.39. The van der Waals surface area contributed by atoms with Gasteiger partial charge in [0.15, 0.2) is 0 Å². The quantitative estimate of drug-likeness (QED) is 0.841. The Balaban J connectivity index is 2.03. The van der Waals surface area contributed by atoms with E-state index < -0.39 is 0 Å². The molecule has 0 bridgehead atoms. The molecule has 1 fully saturated rings. The minimum atomic E-state index is 0.102. The number of aryl methyl sites for hydroxylation is 1. The molecule has 94 valence electrons. The summed E-state index contributed by atoms with van der Waals surface area (Å²) in [5.74, 6) is 0.102. The summed E-state index contributed by atoms with van der Waals surface area (Å²) in [6.07, 6.45) is 5.70. The summed E-state index contributed by atoms with van der Waals surface area (Å²) in [7, 11) is 1.95. The second-order valence-electron chi connectivity index (χ2n) is 4.46. The maximum absolute atomic E-state index is 12.2. The van der Waals surface area contributed by atoms with Crippen LogP contribution >= 0.6 is 0 Å². The van der Waals surface area contributed by atoms with Crippen molar-refractivity contribution in [3.8, 4) is 0 Å². The van der Waals surface area contributed by atoms with Crippen LogP contribution in [-0.4, -0.2) is 46.8 Å². The second kappa shape index (κ2) is 5.31. The zero-order valence-corrected chi connectivity index (χ0v) is 10.5. The number of piperidine rings is 1. The van der Waals surface area contributed by atoms with Crippen molar-refractivity contribution in [2.75, 3.05) is 20.1 Å². The Morgan fingerprint density at radius 1 is 1.65 bits per heavy atom. The molecule has 1 saturated heterocycles. The summed E-state index contributed by atoms with van der Waals surface area (Å²) in [6.45, 7) is 4.46. The highest BCUT2D eigenvalue weighted by atomic mass is 16.2. The molecule has 0 aromatic carbocycles. The molecule has 5 heteroatoms. The first-order chi connectivity index (χ1) is 8.24. The van der Waals surface area contributed by atoms with E-state index in [0.717, 1.165) is 32.5 Å². The van der Waals surface area contributed by atoms with Gasteiger partial charge in [-0.2, -0.15) is 5.10 Å². The molecule has 1 N–H and O–H groups in total. The topological polar surface area (TPSA) is 50.2 Å². The maximum atomic E-state index is 12.2. The van der Waals surface area contributed by atoms with Gasteiger partial charge in [-0.25, -0.2) is 0 Å². The number of likely N-dealkylation sites (N-methyl/N-ethyl adjacent to an activating group) is 1. The van der Waals surface area contributed by atoms with Crippen LogP contribution in [0.2, 0.25) is 0 Å². The fraction of sp³-hybridized carbons (Fsp3) is 0.667. The Morgan fingerprint density at radius 2 is 2.47 bits per heavy atom. The number of aromatic nitrogens is 2. The number of rotatable bonds is 3. The predicted octanol–water partition coefficient (Wildman–Crippen LogP) is 0.727. The van der Waals surface area contributed by atoms with E-state index in [-0.39, 0.29) is 5.91 Å². The van der Waals surface area contributed by atoms with E-state index in [1.807, 2.05) is 25.1 Å². The molecule has 1 aliphatic heterocycles. The van der Waals surface area contributed by atoms with E-state index >= 15 is 0 Å². The van der Waals surface area contributed by atoms with Gasteiger partial charge in [0.1, 0.15) is 0 Å². The summed E-state index contributed by atoms with van der Waals surface area (Å²) >= 11 is 0. The SMILES string of the molecule is CCn1cc(C(=O)N2CCCC(NC)C2)cn1. The van der Waals surface area contributed by atoms with Crippen LogP contribution in [0.1, 0.15) is 30.1 Å². The van der Waals surface area contributed by atoms with Gasteiger partial charge in [0.2, 0.25) is 0 Å². The number of nitrogens with zero attached hydrogens (tertiary/aromatic N) is 3. The van der Waals surface area contributed by atoms with Crippen molar-refractivity contribution >= 4 is 5.91 Å². The second-order valence-corrected chi connectivity index (χ2v) is 4.46. The molecule has 1 atom stereocenters. The molecule has 1 unspecified atom stereocenters. The fourth-order valence-electron chi connectivity index (χ4n) is 2.23. The first-order valence-corrected chi connectivity index (χ1v) is 6.23. The Bertz CT molecular complexity index is 388. The first-order valence-electron chi connectivity index (χ1n) is 6.23. The smallest absolute Gasteiger partial charge is 0.257 e. The van der Waals surface area contributed by atoms with Crippen molar-refractivity contribution in [1.29, 1.82) is 0 Å². The van der Waals surface area contributed by atoms with E-state index in [2.05, 4.69) is 10.4 Å². The lowest BCUT2D eigenvalue weighted by Crippen LogP contribution is -2.46. The van der Waals surface area contributed by atoms with Crippen LogP contribution in [0.4, 0.5) is 0 Å². The number of hydrogen-bond acceptors (Lipinski definition) is 3. The molecule has 5 nitrogen and oxygen atoms in total. The average Bonchev–Trinajstić information content (AvgIpc) is 2.86. The number of carbonyl (C=O) groups excluding carboxylic acids is 1. The molecule has 0 radical (unpaired) electrons. The summed E-state index contributed by atoms with van der Waals surface area (Å²) < 4.78 is 1.78. The molecule has 0 saturated carbocycles. The van der Waals surface area contributed by atoms with Crippen LogP contribution in [0.25, 0.3) is 0 Å². The van der Waals surface area contributed by atoms with Gasteiger partial charge in [-0.15, -0.1) is 0 Å². The van der Waals surface area contributed by atoms with Crippen LogP contribution in [-0.2, 0) is 6.54 Å². The van der Waals surface area contributed by atoms with Crippen LogP contribution in [0.3, 0.4) is 0 Å². The van der Waals surface area contributed by atoms with Gasteiger partial charge in [-0.1, -0.05) is 0 Å². The molecule has 1 amide bonds. The Hall–Kier alpha value is -1.36. The molecular weight excluding hydrogens is 216 g/mol. The fourth-order valence-corrected chi connectivity index (χ4v) is 2.23. The van der Waals surface area contributed by atoms with Crippen molar-refractivity contribution in [3.05, 3.63) is 18.0 Å². The van der Waals surface area contributed by atoms with Crippen molar-refractivity contribution < 1.29 is 4.79 Å². The molecule has 1 aliphatic rings. The van der Waals surface area contributed by atoms with E-state index in [9.17, 15) is 4.79 Å². The van der Waals surface area contributed by atoms with Gasteiger partial charge >= 0.3 is 0 Å². The monoisotopic (exact) mass is 236 g/mol. The summed E-state index contributed by atoms with van der Waals surface area (Å²) in [5.41, 5.74) is 0.698. The molecule has 1 aromatic rings. The third-order valence-electron chi connectivity index (χ3n) is 3.32. The molecule has 17 heavy (non-hydrogen) atoms. The average molecular weight is 236 g/mol. The number of nitrogens with one attached hydrogen (secondary N) is 1. The van der Waals surface area contributed by atoms with Crippen molar-refractivity contribution in [2.45, 2.75) is 32.4 Å². The van der Waals surface area contributed by atoms with Gasteiger partial charge in [-0.05, 0) is 26.8 Å². The largest absolute Gasteiger partial charge is 0.337 e.